The van der Waals surface area contributed by atoms with Crippen LogP contribution in [-0.2, 0) is 35.7 Å². The highest BCUT2D eigenvalue weighted by Gasteiger charge is 2.08. The number of rotatable bonds is 12. The van der Waals surface area contributed by atoms with Crippen molar-refractivity contribution in [2.75, 3.05) is 46.8 Å². The van der Waals surface area contributed by atoms with Crippen LogP contribution in [0.2, 0.25) is 0 Å². The average Bonchev–Trinajstić information content (AvgIpc) is 2.49. The number of hydrogen-bond donors (Lipinski definition) is 1. The zero-order chi connectivity index (χ0) is 16.3. The summed E-state index contributed by atoms with van der Waals surface area (Å²) in [5.41, 5.74) is 0.815. The highest BCUT2D eigenvalue weighted by Crippen LogP contribution is 2.10. The van der Waals surface area contributed by atoms with Crippen molar-refractivity contribution >= 4 is 10.1 Å². The van der Waals surface area contributed by atoms with Crippen LogP contribution in [0.25, 0.3) is 0 Å². The van der Waals surface area contributed by atoms with Gasteiger partial charge in [-0.3, -0.25) is 4.55 Å². The first kappa shape index (κ1) is 19.0. The second kappa shape index (κ2) is 10.7. The summed E-state index contributed by atoms with van der Waals surface area (Å²) in [4.78, 5) is -0.131. The van der Waals surface area contributed by atoms with E-state index in [-0.39, 0.29) is 4.90 Å². The molecule has 0 radical (unpaired) electrons. The molecule has 22 heavy (non-hydrogen) atoms. The summed E-state index contributed by atoms with van der Waals surface area (Å²) >= 11 is 0. The number of methoxy groups -OCH3 is 1. The van der Waals surface area contributed by atoms with Crippen molar-refractivity contribution in [1.29, 1.82) is 0 Å². The minimum Gasteiger partial charge on any atom is -0.382 e. The summed E-state index contributed by atoms with van der Waals surface area (Å²) in [6.45, 7) is 3.36. The van der Waals surface area contributed by atoms with E-state index in [1.807, 2.05) is 0 Å². The largest absolute Gasteiger partial charge is 0.382 e. The maximum absolute atomic E-state index is 10.9. The van der Waals surface area contributed by atoms with Gasteiger partial charge in [0.1, 0.15) is 0 Å². The number of ether oxygens (including phenoxy) is 4. The molecular weight excluding hydrogens is 312 g/mol. The molecule has 0 amide bonds. The fourth-order valence-corrected chi connectivity index (χ4v) is 2.01. The molecule has 0 aliphatic rings. The van der Waals surface area contributed by atoms with Gasteiger partial charge in [0.2, 0.25) is 0 Å². The van der Waals surface area contributed by atoms with Crippen LogP contribution in [0.5, 0.6) is 0 Å². The maximum Gasteiger partial charge on any atom is 0.294 e. The summed E-state index contributed by atoms with van der Waals surface area (Å²) in [5.74, 6) is 0. The van der Waals surface area contributed by atoms with Crippen molar-refractivity contribution in [2.45, 2.75) is 11.5 Å². The molecule has 0 bridgehead atoms. The van der Waals surface area contributed by atoms with Crippen molar-refractivity contribution < 1.29 is 31.9 Å². The molecule has 0 fully saturated rings. The monoisotopic (exact) mass is 334 g/mol. The lowest BCUT2D eigenvalue weighted by molar-refractivity contribution is 0.000864. The maximum atomic E-state index is 10.9. The molecule has 7 nitrogen and oxygen atoms in total. The minimum atomic E-state index is -4.14. The molecule has 1 rings (SSSR count). The average molecular weight is 334 g/mol. The van der Waals surface area contributed by atoms with Crippen LogP contribution >= 0.6 is 0 Å². The Morgan fingerprint density at radius 2 is 1.36 bits per heavy atom. The Bertz CT molecular complexity index is 498. The molecular formula is C14H22O7S. The van der Waals surface area contributed by atoms with Gasteiger partial charge in [-0.25, -0.2) is 0 Å². The molecule has 1 aromatic rings. The third-order valence-corrected chi connectivity index (χ3v) is 3.53. The molecule has 1 N–H and O–H groups in total. The molecule has 126 valence electrons. The Morgan fingerprint density at radius 1 is 0.864 bits per heavy atom. The van der Waals surface area contributed by atoms with Gasteiger partial charge in [0.05, 0.1) is 51.1 Å². The minimum absolute atomic E-state index is 0.131. The van der Waals surface area contributed by atoms with E-state index in [1.165, 1.54) is 12.1 Å². The van der Waals surface area contributed by atoms with E-state index in [1.54, 1.807) is 19.2 Å². The fraction of sp³-hybridized carbons (Fsp3) is 0.571. The lowest BCUT2D eigenvalue weighted by Crippen LogP contribution is -2.11. The van der Waals surface area contributed by atoms with Gasteiger partial charge in [-0.1, -0.05) is 12.1 Å². The summed E-state index contributed by atoms with van der Waals surface area (Å²) < 4.78 is 51.4. The van der Waals surface area contributed by atoms with Gasteiger partial charge in [-0.2, -0.15) is 8.42 Å². The van der Waals surface area contributed by atoms with Crippen LogP contribution < -0.4 is 0 Å². The highest BCUT2D eigenvalue weighted by atomic mass is 32.2. The van der Waals surface area contributed by atoms with E-state index in [4.69, 9.17) is 23.5 Å². The lowest BCUT2D eigenvalue weighted by atomic mass is 10.2. The van der Waals surface area contributed by atoms with Gasteiger partial charge in [0.15, 0.2) is 0 Å². The van der Waals surface area contributed by atoms with Gasteiger partial charge < -0.3 is 18.9 Å². The topological polar surface area (TPSA) is 91.3 Å². The summed E-state index contributed by atoms with van der Waals surface area (Å²) in [7, 11) is -2.53. The third-order valence-electron chi connectivity index (χ3n) is 2.67. The predicted octanol–water partition coefficient (Wildman–Crippen LogP) is 1.13. The van der Waals surface area contributed by atoms with E-state index < -0.39 is 10.1 Å². The molecule has 0 spiro atoms. The Labute approximate surface area is 130 Å². The van der Waals surface area contributed by atoms with E-state index in [9.17, 15) is 8.42 Å². The van der Waals surface area contributed by atoms with Crippen LogP contribution in [0.15, 0.2) is 29.2 Å². The van der Waals surface area contributed by atoms with Crippen LogP contribution in [0.3, 0.4) is 0 Å². The quantitative estimate of drug-likeness (QED) is 0.452. The molecule has 1 aromatic carbocycles. The summed E-state index contributed by atoms with van der Waals surface area (Å²) in [6, 6.07) is 5.85. The van der Waals surface area contributed by atoms with Crippen LogP contribution in [0, 0.1) is 0 Å². The zero-order valence-corrected chi connectivity index (χ0v) is 13.4. The molecule has 0 atom stereocenters. The van der Waals surface area contributed by atoms with Crippen molar-refractivity contribution in [3.8, 4) is 0 Å². The van der Waals surface area contributed by atoms with Gasteiger partial charge in [0, 0.05) is 7.11 Å². The smallest absolute Gasteiger partial charge is 0.294 e. The number of hydrogen-bond acceptors (Lipinski definition) is 6. The van der Waals surface area contributed by atoms with E-state index in [0.717, 1.165) is 5.56 Å². The molecule has 0 aliphatic carbocycles. The fourth-order valence-electron chi connectivity index (χ4n) is 1.53. The third kappa shape index (κ3) is 8.42. The molecule has 0 saturated carbocycles. The Balaban J connectivity index is 2.05. The standard InChI is InChI=1S/C14H22O7S/c1-18-6-7-19-8-9-20-10-11-21-12-13-2-4-14(5-3-13)22(15,16)17/h2-5H,6-12H2,1H3,(H,15,16,17). The highest BCUT2D eigenvalue weighted by molar-refractivity contribution is 7.85. The normalized spacial score (nSPS) is 11.7. The van der Waals surface area contributed by atoms with E-state index >= 15 is 0 Å². The summed E-state index contributed by atoms with van der Waals surface area (Å²) in [5, 5.41) is 0. The van der Waals surface area contributed by atoms with Crippen LogP contribution in [0.1, 0.15) is 5.56 Å². The second-order valence-corrected chi connectivity index (χ2v) is 5.81. The molecule has 0 heterocycles. The summed E-state index contributed by atoms with van der Waals surface area (Å²) in [6.07, 6.45) is 0. The molecule has 0 unspecified atom stereocenters. The SMILES string of the molecule is COCCOCCOCCOCc1ccc(S(=O)(=O)O)cc1. The molecule has 8 heteroatoms. The van der Waals surface area contributed by atoms with E-state index in [0.29, 0.717) is 46.2 Å². The van der Waals surface area contributed by atoms with Gasteiger partial charge in [-0.15, -0.1) is 0 Å². The Morgan fingerprint density at radius 3 is 1.86 bits per heavy atom. The Hall–Kier alpha value is -1.03. The molecule has 0 saturated heterocycles. The lowest BCUT2D eigenvalue weighted by Gasteiger charge is -2.07. The van der Waals surface area contributed by atoms with Gasteiger partial charge in [-0.05, 0) is 17.7 Å². The Kier molecular flexibility index (Phi) is 9.21. The second-order valence-electron chi connectivity index (χ2n) is 4.39. The van der Waals surface area contributed by atoms with Crippen molar-refractivity contribution in [1.82, 2.24) is 0 Å². The number of benzene rings is 1. The van der Waals surface area contributed by atoms with Crippen molar-refractivity contribution in [3.05, 3.63) is 29.8 Å². The van der Waals surface area contributed by atoms with E-state index in [2.05, 4.69) is 0 Å². The first-order valence-electron chi connectivity index (χ1n) is 6.82. The zero-order valence-electron chi connectivity index (χ0n) is 12.6. The first-order chi connectivity index (χ1) is 10.5. The first-order valence-corrected chi connectivity index (χ1v) is 8.26. The van der Waals surface area contributed by atoms with Gasteiger partial charge in [0.25, 0.3) is 10.1 Å². The van der Waals surface area contributed by atoms with Gasteiger partial charge >= 0.3 is 0 Å². The predicted molar refractivity (Wildman–Crippen MR) is 79.4 cm³/mol. The van der Waals surface area contributed by atoms with Crippen LogP contribution in [-0.4, -0.2) is 59.7 Å². The van der Waals surface area contributed by atoms with Crippen LogP contribution in [0.4, 0.5) is 0 Å². The van der Waals surface area contributed by atoms with Crippen molar-refractivity contribution in [2.24, 2.45) is 0 Å². The molecule has 0 aromatic heterocycles. The van der Waals surface area contributed by atoms with Crippen molar-refractivity contribution in [3.63, 3.8) is 0 Å². The molecule has 0 aliphatic heterocycles.